The lowest BCUT2D eigenvalue weighted by Crippen LogP contribution is -2.18. The summed E-state index contributed by atoms with van der Waals surface area (Å²) in [7, 11) is 0. The van der Waals surface area contributed by atoms with E-state index in [9.17, 15) is 0 Å². The second kappa shape index (κ2) is 6.25. The fourth-order valence-corrected chi connectivity index (χ4v) is 1.30. The minimum absolute atomic E-state index is 0.305. The molecule has 0 unspecified atom stereocenters. The second-order valence-corrected chi connectivity index (χ2v) is 3.32. The van der Waals surface area contributed by atoms with Gasteiger partial charge in [0.1, 0.15) is 5.75 Å². The second-order valence-electron chi connectivity index (χ2n) is 3.32. The van der Waals surface area contributed by atoms with Crippen LogP contribution in [0.2, 0.25) is 0 Å². The largest absolute Gasteiger partial charge is 0.508 e. The van der Waals surface area contributed by atoms with Crippen LogP contribution in [0.1, 0.15) is 19.4 Å². The van der Waals surface area contributed by atoms with E-state index in [0.29, 0.717) is 5.75 Å². The van der Waals surface area contributed by atoms with E-state index in [1.54, 1.807) is 12.1 Å². The molecule has 0 saturated carbocycles. The van der Waals surface area contributed by atoms with E-state index >= 15 is 0 Å². The van der Waals surface area contributed by atoms with Crippen LogP contribution < -0.4 is 0 Å². The van der Waals surface area contributed by atoms with Crippen molar-refractivity contribution in [3.8, 4) is 5.75 Å². The number of rotatable bonds is 5. The predicted molar refractivity (Wildman–Crippen MR) is 64.4 cm³/mol. The highest BCUT2D eigenvalue weighted by atomic mass is 16.3. The summed E-state index contributed by atoms with van der Waals surface area (Å²) in [6.07, 6.45) is 4.05. The first-order valence-electron chi connectivity index (χ1n) is 5.31. The molecule has 1 N–H and O–H groups in total. The van der Waals surface area contributed by atoms with Gasteiger partial charge in [-0.1, -0.05) is 38.1 Å². The topological polar surface area (TPSA) is 23.5 Å². The third-order valence-electron chi connectivity index (χ3n) is 2.29. The van der Waals surface area contributed by atoms with Crippen LogP contribution in [0.25, 0.3) is 6.08 Å². The molecule has 1 aromatic carbocycles. The zero-order valence-electron chi connectivity index (χ0n) is 9.35. The number of benzene rings is 1. The Hall–Kier alpha value is -1.28. The van der Waals surface area contributed by atoms with Crippen LogP contribution in [-0.2, 0) is 0 Å². The van der Waals surface area contributed by atoms with Gasteiger partial charge in [0.15, 0.2) is 0 Å². The minimum Gasteiger partial charge on any atom is -0.508 e. The molecule has 81 valence electrons. The summed E-state index contributed by atoms with van der Waals surface area (Å²) in [6.45, 7) is 8.39. The van der Waals surface area contributed by atoms with E-state index in [1.165, 1.54) is 0 Å². The number of nitrogens with zero attached hydrogens (tertiary/aromatic N) is 1. The monoisotopic (exact) mass is 204 g/mol. The SMILES string of the molecule is CCN([CH]C=Cc1ccc(O)cc1)CC. The normalized spacial score (nSPS) is 11.4. The van der Waals surface area contributed by atoms with Gasteiger partial charge in [-0.25, -0.2) is 0 Å². The van der Waals surface area contributed by atoms with Gasteiger partial charge in [0.2, 0.25) is 0 Å². The third kappa shape index (κ3) is 4.17. The third-order valence-corrected chi connectivity index (χ3v) is 2.29. The summed E-state index contributed by atoms with van der Waals surface area (Å²) in [5.74, 6) is 0.305. The highest BCUT2D eigenvalue weighted by Gasteiger charge is 1.94. The Labute approximate surface area is 91.9 Å². The van der Waals surface area contributed by atoms with Crippen molar-refractivity contribution in [1.29, 1.82) is 0 Å². The van der Waals surface area contributed by atoms with Gasteiger partial charge in [0.05, 0.1) is 0 Å². The van der Waals surface area contributed by atoms with Crippen molar-refractivity contribution in [1.82, 2.24) is 4.90 Å². The van der Waals surface area contributed by atoms with Gasteiger partial charge in [0, 0.05) is 6.54 Å². The molecule has 1 radical (unpaired) electrons. The van der Waals surface area contributed by atoms with Gasteiger partial charge >= 0.3 is 0 Å². The lowest BCUT2D eigenvalue weighted by molar-refractivity contribution is 0.387. The van der Waals surface area contributed by atoms with Crippen LogP contribution >= 0.6 is 0 Å². The van der Waals surface area contributed by atoms with E-state index in [4.69, 9.17) is 5.11 Å². The summed E-state index contributed by atoms with van der Waals surface area (Å²) in [4.78, 5) is 2.22. The summed E-state index contributed by atoms with van der Waals surface area (Å²) >= 11 is 0. The van der Waals surface area contributed by atoms with Gasteiger partial charge in [-0.05, 0) is 30.8 Å². The van der Waals surface area contributed by atoms with Gasteiger partial charge in [-0.15, -0.1) is 0 Å². The van der Waals surface area contributed by atoms with E-state index in [0.717, 1.165) is 18.7 Å². The average molecular weight is 204 g/mol. The fraction of sp³-hybridized carbons (Fsp3) is 0.308. The number of phenolic OH excluding ortho intramolecular Hbond substituents is 1. The fourth-order valence-electron chi connectivity index (χ4n) is 1.30. The quantitative estimate of drug-likeness (QED) is 0.797. The summed E-state index contributed by atoms with van der Waals surface area (Å²) in [5.41, 5.74) is 1.09. The van der Waals surface area contributed by atoms with Crippen LogP contribution in [0.15, 0.2) is 30.3 Å². The van der Waals surface area contributed by atoms with Crippen molar-refractivity contribution < 1.29 is 5.11 Å². The van der Waals surface area contributed by atoms with Crippen molar-refractivity contribution in [2.45, 2.75) is 13.8 Å². The zero-order valence-corrected chi connectivity index (χ0v) is 9.35. The summed E-state index contributed by atoms with van der Waals surface area (Å²) < 4.78 is 0. The maximum absolute atomic E-state index is 9.11. The molecule has 2 heteroatoms. The van der Waals surface area contributed by atoms with Crippen molar-refractivity contribution in [3.63, 3.8) is 0 Å². The molecule has 15 heavy (non-hydrogen) atoms. The number of hydrogen-bond donors (Lipinski definition) is 1. The van der Waals surface area contributed by atoms with Crippen molar-refractivity contribution in [3.05, 3.63) is 42.4 Å². The molecule has 0 fully saturated rings. The first kappa shape index (κ1) is 11.8. The molecule has 0 aromatic heterocycles. The van der Waals surface area contributed by atoms with Crippen molar-refractivity contribution >= 4 is 6.08 Å². The molecular weight excluding hydrogens is 186 g/mol. The highest BCUT2D eigenvalue weighted by molar-refractivity contribution is 5.51. The Bertz CT molecular complexity index is 299. The molecular formula is C13H18NO. The molecule has 1 aromatic rings. The molecule has 0 saturated heterocycles. The number of aromatic hydroxyl groups is 1. The standard InChI is InChI=1S/C13H18NO/c1-3-14(4-2)11-5-6-12-7-9-13(15)10-8-12/h5-11,15H,3-4H2,1-2H3. The maximum Gasteiger partial charge on any atom is 0.115 e. The first-order chi connectivity index (χ1) is 7.26. The molecule has 0 atom stereocenters. The van der Waals surface area contributed by atoms with Crippen LogP contribution in [0.3, 0.4) is 0 Å². The molecule has 1 rings (SSSR count). The molecule has 2 nitrogen and oxygen atoms in total. The maximum atomic E-state index is 9.11. The molecule has 0 spiro atoms. The number of hydrogen-bond acceptors (Lipinski definition) is 2. The molecule has 0 heterocycles. The van der Waals surface area contributed by atoms with Gasteiger partial charge in [-0.2, -0.15) is 0 Å². The van der Waals surface area contributed by atoms with E-state index < -0.39 is 0 Å². The average Bonchev–Trinajstić information content (AvgIpc) is 2.27. The lowest BCUT2D eigenvalue weighted by Gasteiger charge is -2.13. The van der Waals surface area contributed by atoms with Gasteiger partial charge in [0.25, 0.3) is 0 Å². The zero-order chi connectivity index (χ0) is 11.1. The summed E-state index contributed by atoms with van der Waals surface area (Å²) in [5, 5.41) is 9.11. The lowest BCUT2D eigenvalue weighted by atomic mass is 10.2. The smallest absolute Gasteiger partial charge is 0.115 e. The number of likely N-dealkylation sites (N-methyl/N-ethyl adjacent to an activating group) is 1. The Morgan fingerprint density at radius 3 is 2.27 bits per heavy atom. The molecule has 0 aliphatic rings. The van der Waals surface area contributed by atoms with Crippen molar-refractivity contribution in [2.24, 2.45) is 0 Å². The Morgan fingerprint density at radius 1 is 1.13 bits per heavy atom. The predicted octanol–water partition coefficient (Wildman–Crippen LogP) is 2.91. The van der Waals surface area contributed by atoms with Crippen LogP contribution in [0, 0.1) is 6.54 Å². The van der Waals surface area contributed by atoms with Crippen LogP contribution in [0.5, 0.6) is 5.75 Å². The van der Waals surface area contributed by atoms with Crippen LogP contribution in [0.4, 0.5) is 0 Å². The van der Waals surface area contributed by atoms with Gasteiger partial charge in [-0.3, -0.25) is 4.90 Å². The first-order valence-corrected chi connectivity index (χ1v) is 5.31. The van der Waals surface area contributed by atoms with E-state index in [2.05, 4.69) is 25.3 Å². The Balaban J connectivity index is 2.47. The molecule has 0 aliphatic carbocycles. The Morgan fingerprint density at radius 2 is 1.73 bits per heavy atom. The molecule has 0 aliphatic heterocycles. The van der Waals surface area contributed by atoms with E-state index in [-0.39, 0.29) is 0 Å². The minimum atomic E-state index is 0.305. The van der Waals surface area contributed by atoms with Crippen molar-refractivity contribution in [2.75, 3.05) is 13.1 Å². The van der Waals surface area contributed by atoms with Gasteiger partial charge < -0.3 is 5.11 Å². The molecule has 0 bridgehead atoms. The highest BCUT2D eigenvalue weighted by Crippen LogP contribution is 2.11. The van der Waals surface area contributed by atoms with E-state index in [1.807, 2.05) is 24.3 Å². The van der Waals surface area contributed by atoms with Crippen LogP contribution in [-0.4, -0.2) is 23.1 Å². The Kier molecular flexibility index (Phi) is 4.91. The molecule has 0 amide bonds. The number of phenols is 1. The summed E-state index contributed by atoms with van der Waals surface area (Å²) in [6, 6.07) is 7.16.